The molecule has 0 spiro atoms. The van der Waals surface area contributed by atoms with Crippen LogP contribution in [0.3, 0.4) is 0 Å². The van der Waals surface area contributed by atoms with E-state index in [4.69, 9.17) is 5.11 Å². The molecule has 0 bridgehead atoms. The molecule has 0 aliphatic heterocycles. The topological polar surface area (TPSA) is 122 Å². The Morgan fingerprint density at radius 2 is 2.10 bits per heavy atom. The third-order valence-corrected chi connectivity index (χ3v) is 3.11. The van der Waals surface area contributed by atoms with Gasteiger partial charge in [-0.15, -0.1) is 0 Å². The molecule has 3 N–H and O–H groups in total. The van der Waals surface area contributed by atoms with Gasteiger partial charge in [-0.3, -0.25) is 19.7 Å². The van der Waals surface area contributed by atoms with Crippen LogP contribution in [-0.4, -0.2) is 34.0 Å². The van der Waals surface area contributed by atoms with Gasteiger partial charge in [-0.2, -0.15) is 0 Å². The number of nitrogens with one attached hydrogen (secondary N) is 2. The summed E-state index contributed by atoms with van der Waals surface area (Å²) < 4.78 is 0. The first-order chi connectivity index (χ1) is 9.88. The van der Waals surface area contributed by atoms with Gasteiger partial charge in [0.05, 0.1) is 4.92 Å². The monoisotopic (exact) mass is 293 g/mol. The third-order valence-electron chi connectivity index (χ3n) is 3.11. The molecule has 1 aromatic carbocycles. The lowest BCUT2D eigenvalue weighted by Gasteiger charge is -2.12. The average molecular weight is 293 g/mol. The number of carbonyl (C=O) groups is 2. The fourth-order valence-electron chi connectivity index (χ4n) is 1.74. The van der Waals surface area contributed by atoms with Crippen LogP contribution in [0.5, 0.6) is 0 Å². The number of nitrogens with zero attached hydrogens (tertiary/aromatic N) is 1. The summed E-state index contributed by atoms with van der Waals surface area (Å²) in [7, 11) is 0. The minimum atomic E-state index is -1.13. The van der Waals surface area contributed by atoms with Crippen molar-refractivity contribution >= 4 is 23.3 Å². The molecule has 0 radical (unpaired) electrons. The average Bonchev–Trinajstić information content (AvgIpc) is 3.22. The summed E-state index contributed by atoms with van der Waals surface area (Å²) in [5.74, 6) is -1.49. The summed E-state index contributed by atoms with van der Waals surface area (Å²) >= 11 is 0. The molecule has 8 nitrogen and oxygen atoms in total. The summed E-state index contributed by atoms with van der Waals surface area (Å²) in [6.07, 6.45) is 1.84. The molecule has 1 aliphatic rings. The molecular formula is C13H15N3O5. The lowest BCUT2D eigenvalue weighted by atomic mass is 10.1. The van der Waals surface area contributed by atoms with Gasteiger partial charge in [0.25, 0.3) is 11.6 Å². The van der Waals surface area contributed by atoms with Crippen molar-refractivity contribution in [2.45, 2.75) is 31.8 Å². The lowest BCUT2D eigenvalue weighted by Crippen LogP contribution is -2.27. The van der Waals surface area contributed by atoms with E-state index in [1.807, 2.05) is 0 Å². The fourth-order valence-corrected chi connectivity index (χ4v) is 1.74. The van der Waals surface area contributed by atoms with Gasteiger partial charge in [-0.05, 0) is 31.9 Å². The molecule has 21 heavy (non-hydrogen) atoms. The fraction of sp³-hybridized carbons (Fsp3) is 0.385. The minimum Gasteiger partial charge on any atom is -0.480 e. The number of nitro benzene ring substituents is 1. The van der Waals surface area contributed by atoms with Crippen molar-refractivity contribution in [1.29, 1.82) is 0 Å². The normalized spacial score (nSPS) is 15.1. The van der Waals surface area contributed by atoms with Gasteiger partial charge in [0, 0.05) is 17.7 Å². The van der Waals surface area contributed by atoms with Crippen molar-refractivity contribution < 1.29 is 19.6 Å². The molecule has 0 aromatic heterocycles. The first-order valence-corrected chi connectivity index (χ1v) is 6.47. The molecular weight excluding hydrogens is 278 g/mol. The second kappa shape index (κ2) is 5.78. The maximum Gasteiger partial charge on any atom is 0.325 e. The van der Waals surface area contributed by atoms with Crippen LogP contribution in [0.15, 0.2) is 18.2 Å². The SMILES string of the molecule is C[C@@H](Nc1ccc(C(=O)NC2CC2)cc1[N+](=O)[O-])C(=O)O. The maximum absolute atomic E-state index is 11.9. The summed E-state index contributed by atoms with van der Waals surface area (Å²) in [5, 5.41) is 25.2. The van der Waals surface area contributed by atoms with Crippen LogP contribution >= 0.6 is 0 Å². The molecule has 0 unspecified atom stereocenters. The van der Waals surface area contributed by atoms with Crippen LogP contribution in [0.2, 0.25) is 0 Å². The number of rotatable bonds is 6. The maximum atomic E-state index is 11.9. The van der Waals surface area contributed by atoms with Gasteiger partial charge in [0.15, 0.2) is 0 Å². The second-order valence-corrected chi connectivity index (χ2v) is 4.94. The van der Waals surface area contributed by atoms with Crippen molar-refractivity contribution in [3.8, 4) is 0 Å². The molecule has 1 aromatic rings. The quantitative estimate of drug-likeness (QED) is 0.538. The van der Waals surface area contributed by atoms with Gasteiger partial charge in [0.1, 0.15) is 11.7 Å². The van der Waals surface area contributed by atoms with E-state index in [1.54, 1.807) is 0 Å². The molecule has 2 rings (SSSR count). The molecule has 0 heterocycles. The van der Waals surface area contributed by atoms with Gasteiger partial charge < -0.3 is 15.7 Å². The van der Waals surface area contributed by atoms with Crippen LogP contribution in [0, 0.1) is 10.1 Å². The highest BCUT2D eigenvalue weighted by atomic mass is 16.6. The van der Waals surface area contributed by atoms with E-state index >= 15 is 0 Å². The largest absolute Gasteiger partial charge is 0.480 e. The summed E-state index contributed by atoms with van der Waals surface area (Å²) in [4.78, 5) is 33.1. The smallest absolute Gasteiger partial charge is 0.325 e. The zero-order valence-electron chi connectivity index (χ0n) is 11.3. The number of aliphatic carboxylic acids is 1. The number of nitro groups is 1. The zero-order valence-corrected chi connectivity index (χ0v) is 11.3. The molecule has 1 aliphatic carbocycles. The van der Waals surface area contributed by atoms with Crippen LogP contribution in [0.25, 0.3) is 0 Å². The Morgan fingerprint density at radius 3 is 2.62 bits per heavy atom. The minimum absolute atomic E-state index is 0.0675. The van der Waals surface area contributed by atoms with Crippen LogP contribution in [0.4, 0.5) is 11.4 Å². The second-order valence-electron chi connectivity index (χ2n) is 4.94. The molecule has 1 amide bonds. The van der Waals surface area contributed by atoms with E-state index in [0.29, 0.717) is 0 Å². The molecule has 0 saturated heterocycles. The van der Waals surface area contributed by atoms with Crippen molar-refractivity contribution in [2.24, 2.45) is 0 Å². The van der Waals surface area contributed by atoms with Crippen molar-refractivity contribution in [2.75, 3.05) is 5.32 Å². The summed E-state index contributed by atoms with van der Waals surface area (Å²) in [6, 6.07) is 3.10. The Kier molecular flexibility index (Phi) is 4.06. The number of carboxylic acids is 1. The molecule has 1 atom stereocenters. The van der Waals surface area contributed by atoms with E-state index in [-0.39, 0.29) is 28.9 Å². The number of carboxylic acid groups (broad SMARTS) is 1. The highest BCUT2D eigenvalue weighted by molar-refractivity contribution is 5.96. The summed E-state index contributed by atoms with van der Waals surface area (Å²) in [6.45, 7) is 1.37. The Balaban J connectivity index is 2.23. The number of amides is 1. The Bertz CT molecular complexity index is 597. The zero-order chi connectivity index (χ0) is 15.6. The van der Waals surface area contributed by atoms with Gasteiger partial charge in [0.2, 0.25) is 0 Å². The van der Waals surface area contributed by atoms with E-state index < -0.39 is 16.9 Å². The van der Waals surface area contributed by atoms with Crippen LogP contribution in [-0.2, 0) is 4.79 Å². The van der Waals surface area contributed by atoms with Crippen molar-refractivity contribution in [3.05, 3.63) is 33.9 Å². The molecule has 112 valence electrons. The van der Waals surface area contributed by atoms with Gasteiger partial charge in [-0.1, -0.05) is 0 Å². The van der Waals surface area contributed by atoms with Gasteiger partial charge >= 0.3 is 5.97 Å². The van der Waals surface area contributed by atoms with Gasteiger partial charge in [-0.25, -0.2) is 0 Å². The van der Waals surface area contributed by atoms with Crippen LogP contribution < -0.4 is 10.6 Å². The standard InChI is InChI=1S/C13H15N3O5/c1-7(13(18)19)14-10-5-2-8(6-11(10)16(20)21)12(17)15-9-3-4-9/h2,5-7,9,14H,3-4H2,1H3,(H,15,17)(H,18,19)/t7-/m1/s1. The number of hydrogen-bond acceptors (Lipinski definition) is 5. The predicted octanol–water partition coefficient (Wildman–Crippen LogP) is 1.37. The Hall–Kier alpha value is -2.64. The third kappa shape index (κ3) is 3.68. The first-order valence-electron chi connectivity index (χ1n) is 6.47. The van der Waals surface area contributed by atoms with E-state index in [0.717, 1.165) is 18.9 Å². The van der Waals surface area contributed by atoms with Crippen molar-refractivity contribution in [3.63, 3.8) is 0 Å². The number of anilines is 1. The van der Waals surface area contributed by atoms with E-state index in [2.05, 4.69) is 10.6 Å². The summed E-state index contributed by atoms with van der Waals surface area (Å²) in [5.41, 5.74) is -0.0773. The lowest BCUT2D eigenvalue weighted by molar-refractivity contribution is -0.384. The molecule has 8 heteroatoms. The Morgan fingerprint density at radius 1 is 1.43 bits per heavy atom. The molecule has 1 fully saturated rings. The van der Waals surface area contributed by atoms with Crippen LogP contribution in [0.1, 0.15) is 30.1 Å². The first kappa shape index (κ1) is 14.8. The predicted molar refractivity (Wildman–Crippen MR) is 74.3 cm³/mol. The highest BCUT2D eigenvalue weighted by Crippen LogP contribution is 2.27. The number of hydrogen-bond donors (Lipinski definition) is 3. The highest BCUT2D eigenvalue weighted by Gasteiger charge is 2.25. The Labute approximate surface area is 120 Å². The van der Waals surface area contributed by atoms with E-state index in [9.17, 15) is 19.7 Å². The molecule has 1 saturated carbocycles. The van der Waals surface area contributed by atoms with E-state index in [1.165, 1.54) is 19.1 Å². The number of carbonyl (C=O) groups excluding carboxylic acids is 1. The number of benzene rings is 1. The van der Waals surface area contributed by atoms with Crippen molar-refractivity contribution in [1.82, 2.24) is 5.32 Å².